The lowest BCUT2D eigenvalue weighted by Crippen LogP contribution is -2.42. The molecule has 1 atom stereocenters. The number of carboxylic acids is 1. The number of benzene rings is 2. The summed E-state index contributed by atoms with van der Waals surface area (Å²) in [5.41, 5.74) is 4.59. The average Bonchev–Trinajstić information content (AvgIpc) is 2.97. The van der Waals surface area contributed by atoms with Crippen LogP contribution in [0.1, 0.15) is 37.3 Å². The van der Waals surface area contributed by atoms with Gasteiger partial charge >= 0.3 is 12.1 Å². The van der Waals surface area contributed by atoms with Gasteiger partial charge in [0.15, 0.2) is 0 Å². The maximum Gasteiger partial charge on any atom is 0.410 e. The Morgan fingerprint density at radius 2 is 1.62 bits per heavy atom. The monoisotopic (exact) mass is 353 g/mol. The zero-order valence-corrected chi connectivity index (χ0v) is 15.0. The Morgan fingerprint density at radius 3 is 2.12 bits per heavy atom. The summed E-state index contributed by atoms with van der Waals surface area (Å²) in [4.78, 5) is 24.8. The molecule has 0 spiro atoms. The van der Waals surface area contributed by atoms with Crippen molar-refractivity contribution in [3.05, 3.63) is 59.7 Å². The number of aliphatic carboxylic acids is 1. The number of carbonyl (C=O) groups excluding carboxylic acids is 1. The molecule has 0 aliphatic heterocycles. The van der Waals surface area contributed by atoms with E-state index in [1.54, 1.807) is 0 Å². The van der Waals surface area contributed by atoms with Gasteiger partial charge < -0.3 is 9.84 Å². The molecule has 0 radical (unpaired) electrons. The normalized spacial score (nSPS) is 13.6. The molecule has 0 fully saturated rings. The number of rotatable bonds is 6. The van der Waals surface area contributed by atoms with Crippen molar-refractivity contribution in [2.75, 3.05) is 13.2 Å². The van der Waals surface area contributed by atoms with Gasteiger partial charge in [-0.1, -0.05) is 55.5 Å². The van der Waals surface area contributed by atoms with Gasteiger partial charge in [0, 0.05) is 12.0 Å². The molecule has 0 heterocycles. The Kier molecular flexibility index (Phi) is 5.26. The molecular weight excluding hydrogens is 330 g/mol. The van der Waals surface area contributed by atoms with Crippen molar-refractivity contribution in [2.24, 2.45) is 0 Å². The first-order valence-corrected chi connectivity index (χ1v) is 8.86. The Bertz CT molecular complexity index is 772. The minimum atomic E-state index is -1.04. The van der Waals surface area contributed by atoms with Crippen LogP contribution >= 0.6 is 0 Å². The molecule has 1 N–H and O–H groups in total. The third kappa shape index (κ3) is 3.43. The molecule has 1 amide bonds. The summed E-state index contributed by atoms with van der Waals surface area (Å²) in [7, 11) is 0. The maximum atomic E-state index is 12.5. The standard InChI is InChI=1S/C21H23NO4/c1-3-14(2)22(12-20(23)24)21(25)26-13-19-17-10-6-4-8-15(17)16-9-5-7-11-18(16)19/h4-11,14,19H,3,12-13H2,1-2H3,(H,23,24). The number of fused-ring (bicyclic) bond motifs is 3. The van der Waals surface area contributed by atoms with Crippen LogP contribution in [0.2, 0.25) is 0 Å². The zero-order valence-electron chi connectivity index (χ0n) is 15.0. The van der Waals surface area contributed by atoms with Crippen molar-refractivity contribution in [1.29, 1.82) is 0 Å². The van der Waals surface area contributed by atoms with E-state index in [-0.39, 0.29) is 25.1 Å². The summed E-state index contributed by atoms with van der Waals surface area (Å²) in [5, 5.41) is 9.07. The van der Waals surface area contributed by atoms with E-state index in [1.807, 2.05) is 38.1 Å². The third-order valence-electron chi connectivity index (χ3n) is 5.00. The van der Waals surface area contributed by atoms with Crippen LogP contribution in [-0.2, 0) is 9.53 Å². The number of carboxylic acid groups (broad SMARTS) is 1. The van der Waals surface area contributed by atoms with E-state index in [1.165, 1.54) is 4.90 Å². The first kappa shape index (κ1) is 18.0. The Labute approximate surface area is 153 Å². The molecule has 1 unspecified atom stereocenters. The molecular formula is C21H23NO4. The maximum absolute atomic E-state index is 12.5. The van der Waals surface area contributed by atoms with Gasteiger partial charge in [-0.05, 0) is 35.6 Å². The molecule has 0 aromatic heterocycles. The minimum absolute atomic E-state index is 0.0324. The predicted molar refractivity (Wildman–Crippen MR) is 99.2 cm³/mol. The largest absolute Gasteiger partial charge is 0.480 e. The van der Waals surface area contributed by atoms with Gasteiger partial charge in [0.25, 0.3) is 0 Å². The highest BCUT2D eigenvalue weighted by atomic mass is 16.6. The molecule has 136 valence electrons. The second-order valence-electron chi connectivity index (χ2n) is 6.58. The SMILES string of the molecule is CCC(C)N(CC(=O)O)C(=O)OCC1c2ccccc2-c2ccccc21. The lowest BCUT2D eigenvalue weighted by molar-refractivity contribution is -0.138. The number of nitrogens with zero attached hydrogens (tertiary/aromatic N) is 1. The highest BCUT2D eigenvalue weighted by Gasteiger charge is 2.30. The van der Waals surface area contributed by atoms with E-state index in [0.29, 0.717) is 6.42 Å². The average molecular weight is 353 g/mol. The molecule has 26 heavy (non-hydrogen) atoms. The van der Waals surface area contributed by atoms with Gasteiger partial charge in [-0.3, -0.25) is 9.69 Å². The topological polar surface area (TPSA) is 66.8 Å². The molecule has 0 bridgehead atoms. The van der Waals surface area contributed by atoms with Crippen molar-refractivity contribution < 1.29 is 19.4 Å². The molecule has 0 saturated carbocycles. The zero-order chi connectivity index (χ0) is 18.7. The molecule has 2 aromatic rings. The fourth-order valence-corrected chi connectivity index (χ4v) is 3.44. The highest BCUT2D eigenvalue weighted by Crippen LogP contribution is 2.44. The van der Waals surface area contributed by atoms with E-state index in [9.17, 15) is 9.59 Å². The summed E-state index contributed by atoms with van der Waals surface area (Å²) >= 11 is 0. The van der Waals surface area contributed by atoms with E-state index in [0.717, 1.165) is 22.3 Å². The summed E-state index contributed by atoms with van der Waals surface area (Å²) < 4.78 is 5.55. The smallest absolute Gasteiger partial charge is 0.410 e. The third-order valence-corrected chi connectivity index (χ3v) is 5.00. The number of amides is 1. The number of carbonyl (C=O) groups is 2. The molecule has 1 aliphatic rings. The van der Waals surface area contributed by atoms with Crippen LogP contribution in [0.4, 0.5) is 4.79 Å². The van der Waals surface area contributed by atoms with E-state index < -0.39 is 12.1 Å². The van der Waals surface area contributed by atoms with Crippen molar-refractivity contribution in [3.8, 4) is 11.1 Å². The predicted octanol–water partition coefficient (Wildman–Crippen LogP) is 4.12. The molecule has 5 heteroatoms. The van der Waals surface area contributed by atoms with Gasteiger partial charge in [-0.25, -0.2) is 4.79 Å². The second kappa shape index (κ2) is 7.60. The van der Waals surface area contributed by atoms with Gasteiger partial charge in [0.1, 0.15) is 13.2 Å². The number of ether oxygens (including phenoxy) is 1. The summed E-state index contributed by atoms with van der Waals surface area (Å²) in [5.74, 6) is -1.08. The first-order valence-electron chi connectivity index (χ1n) is 8.86. The lowest BCUT2D eigenvalue weighted by Gasteiger charge is -2.27. The number of hydrogen-bond donors (Lipinski definition) is 1. The van der Waals surface area contributed by atoms with Crippen LogP contribution < -0.4 is 0 Å². The van der Waals surface area contributed by atoms with Crippen LogP contribution in [-0.4, -0.2) is 41.3 Å². The molecule has 5 nitrogen and oxygen atoms in total. The first-order chi connectivity index (χ1) is 12.5. The van der Waals surface area contributed by atoms with Gasteiger partial charge in [-0.15, -0.1) is 0 Å². The fourth-order valence-electron chi connectivity index (χ4n) is 3.44. The molecule has 1 aliphatic carbocycles. The Balaban J connectivity index is 1.79. The van der Waals surface area contributed by atoms with Gasteiger partial charge in [0.2, 0.25) is 0 Å². The summed E-state index contributed by atoms with van der Waals surface area (Å²) in [6, 6.07) is 16.0. The van der Waals surface area contributed by atoms with Crippen LogP contribution in [0.25, 0.3) is 11.1 Å². The minimum Gasteiger partial charge on any atom is -0.480 e. The fraction of sp³-hybridized carbons (Fsp3) is 0.333. The second-order valence-corrected chi connectivity index (χ2v) is 6.58. The quantitative estimate of drug-likeness (QED) is 0.848. The van der Waals surface area contributed by atoms with Gasteiger partial charge in [-0.2, -0.15) is 0 Å². The Hall–Kier alpha value is -2.82. The van der Waals surface area contributed by atoms with Crippen molar-refractivity contribution >= 4 is 12.1 Å². The van der Waals surface area contributed by atoms with Gasteiger partial charge in [0.05, 0.1) is 0 Å². The van der Waals surface area contributed by atoms with Crippen molar-refractivity contribution in [2.45, 2.75) is 32.2 Å². The highest BCUT2D eigenvalue weighted by molar-refractivity contribution is 5.79. The van der Waals surface area contributed by atoms with E-state index >= 15 is 0 Å². The summed E-state index contributed by atoms with van der Waals surface area (Å²) in [6.07, 6.45) is 0.0842. The molecule has 3 rings (SSSR count). The van der Waals surface area contributed by atoms with Crippen molar-refractivity contribution in [1.82, 2.24) is 4.90 Å². The molecule has 2 aromatic carbocycles. The van der Waals surface area contributed by atoms with Crippen LogP contribution in [0, 0.1) is 0 Å². The van der Waals surface area contributed by atoms with E-state index in [2.05, 4.69) is 24.3 Å². The Morgan fingerprint density at radius 1 is 1.08 bits per heavy atom. The van der Waals surface area contributed by atoms with E-state index in [4.69, 9.17) is 9.84 Å². The lowest BCUT2D eigenvalue weighted by atomic mass is 9.98. The van der Waals surface area contributed by atoms with Crippen molar-refractivity contribution in [3.63, 3.8) is 0 Å². The van der Waals surface area contributed by atoms with Crippen LogP contribution in [0.5, 0.6) is 0 Å². The summed E-state index contributed by atoms with van der Waals surface area (Å²) in [6.45, 7) is 3.58. The molecule has 0 saturated heterocycles. The van der Waals surface area contributed by atoms with Crippen LogP contribution in [0.15, 0.2) is 48.5 Å². The number of hydrogen-bond acceptors (Lipinski definition) is 3. The van der Waals surface area contributed by atoms with Crippen LogP contribution in [0.3, 0.4) is 0 Å².